The van der Waals surface area contributed by atoms with Crippen molar-refractivity contribution in [2.75, 3.05) is 7.11 Å². The van der Waals surface area contributed by atoms with Crippen LogP contribution in [-0.4, -0.2) is 24.1 Å². The summed E-state index contributed by atoms with van der Waals surface area (Å²) in [5.41, 5.74) is 1.09. The van der Waals surface area contributed by atoms with E-state index in [9.17, 15) is 14.0 Å². The van der Waals surface area contributed by atoms with Gasteiger partial charge in [0.1, 0.15) is 0 Å². The largest absolute Gasteiger partial charge is 0.494 e. The highest BCUT2D eigenvalue weighted by molar-refractivity contribution is 5.78. The number of aryl methyl sites for hydroxylation is 1. The van der Waals surface area contributed by atoms with Crippen molar-refractivity contribution < 1.29 is 23.8 Å². The number of nitrogens with one attached hydrogen (secondary N) is 1. The van der Waals surface area contributed by atoms with Crippen LogP contribution in [0.3, 0.4) is 0 Å². The van der Waals surface area contributed by atoms with Crippen molar-refractivity contribution in [3.63, 3.8) is 0 Å². The van der Waals surface area contributed by atoms with Crippen molar-refractivity contribution in [2.45, 2.75) is 25.3 Å². The minimum Gasteiger partial charge on any atom is -0.494 e. The van der Waals surface area contributed by atoms with E-state index in [1.807, 2.05) is 6.07 Å². The number of carboxylic acids is 1. The van der Waals surface area contributed by atoms with E-state index < -0.39 is 17.8 Å². The normalized spacial score (nSPS) is 11.6. The highest BCUT2D eigenvalue weighted by atomic mass is 19.1. The molecule has 1 unspecified atom stereocenters. The van der Waals surface area contributed by atoms with E-state index in [2.05, 4.69) is 5.32 Å². The summed E-state index contributed by atoms with van der Waals surface area (Å²) >= 11 is 0. The van der Waals surface area contributed by atoms with Gasteiger partial charge in [0, 0.05) is 6.42 Å². The summed E-state index contributed by atoms with van der Waals surface area (Å²) in [4.78, 5) is 23.2. The summed E-state index contributed by atoms with van der Waals surface area (Å²) in [6.45, 7) is 0. The molecule has 0 aliphatic rings. The molecule has 2 aromatic carbocycles. The number of carboxylic acid groups (broad SMARTS) is 1. The minimum absolute atomic E-state index is 0.0487. The maximum absolute atomic E-state index is 14.1. The van der Waals surface area contributed by atoms with Gasteiger partial charge in [-0.3, -0.25) is 9.59 Å². The van der Waals surface area contributed by atoms with E-state index in [0.29, 0.717) is 11.1 Å². The van der Waals surface area contributed by atoms with Gasteiger partial charge >= 0.3 is 5.97 Å². The van der Waals surface area contributed by atoms with Crippen molar-refractivity contribution in [2.24, 2.45) is 0 Å². The SMILES string of the molecule is COc1cccc(CCC(=O)NC(CC(=O)O)c2ccccc2)c1F. The predicted molar refractivity (Wildman–Crippen MR) is 90.9 cm³/mol. The molecule has 0 saturated carbocycles. The van der Waals surface area contributed by atoms with Crippen LogP contribution in [-0.2, 0) is 16.0 Å². The van der Waals surface area contributed by atoms with E-state index in [0.717, 1.165) is 0 Å². The summed E-state index contributed by atoms with van der Waals surface area (Å²) in [5, 5.41) is 11.8. The molecule has 1 atom stereocenters. The Bertz CT molecular complexity index is 733. The maximum atomic E-state index is 14.1. The molecule has 5 nitrogen and oxygen atoms in total. The summed E-state index contributed by atoms with van der Waals surface area (Å²) in [6.07, 6.45) is 0.0275. The number of aliphatic carboxylic acids is 1. The molecule has 0 radical (unpaired) electrons. The monoisotopic (exact) mass is 345 g/mol. The van der Waals surface area contributed by atoms with Crippen molar-refractivity contribution in [3.05, 3.63) is 65.5 Å². The second kappa shape index (κ2) is 8.82. The molecule has 0 spiro atoms. The Morgan fingerprint density at radius 3 is 2.52 bits per heavy atom. The fraction of sp³-hybridized carbons (Fsp3) is 0.263. The zero-order valence-electron chi connectivity index (χ0n) is 13.9. The van der Waals surface area contributed by atoms with Gasteiger partial charge < -0.3 is 15.2 Å². The Kier molecular flexibility index (Phi) is 6.51. The number of methoxy groups -OCH3 is 1. The van der Waals surface area contributed by atoms with Gasteiger partial charge in [0.2, 0.25) is 5.91 Å². The molecule has 132 valence electrons. The first-order valence-electron chi connectivity index (χ1n) is 7.88. The first-order valence-corrected chi connectivity index (χ1v) is 7.88. The van der Waals surface area contributed by atoms with Crippen LogP contribution in [0.2, 0.25) is 0 Å². The molecular formula is C19H20FNO4. The molecule has 0 aliphatic carbocycles. The van der Waals surface area contributed by atoms with Gasteiger partial charge in [-0.15, -0.1) is 0 Å². The van der Waals surface area contributed by atoms with Crippen LogP contribution in [0.15, 0.2) is 48.5 Å². The lowest BCUT2D eigenvalue weighted by atomic mass is 10.0. The van der Waals surface area contributed by atoms with Crippen molar-refractivity contribution in [3.8, 4) is 5.75 Å². The zero-order chi connectivity index (χ0) is 18.2. The van der Waals surface area contributed by atoms with Gasteiger partial charge in [0.05, 0.1) is 19.6 Å². The van der Waals surface area contributed by atoms with Gasteiger partial charge in [0.15, 0.2) is 11.6 Å². The van der Waals surface area contributed by atoms with Crippen molar-refractivity contribution in [1.29, 1.82) is 0 Å². The average Bonchev–Trinajstić information content (AvgIpc) is 2.60. The molecule has 2 aromatic rings. The number of amides is 1. The Morgan fingerprint density at radius 2 is 1.88 bits per heavy atom. The second-order valence-electron chi connectivity index (χ2n) is 5.56. The van der Waals surface area contributed by atoms with Crippen LogP contribution in [0.1, 0.15) is 30.0 Å². The Balaban J connectivity index is 2.01. The molecule has 0 aliphatic heterocycles. The van der Waals surface area contributed by atoms with Crippen molar-refractivity contribution in [1.82, 2.24) is 5.32 Å². The third-order valence-corrected chi connectivity index (χ3v) is 3.80. The quantitative estimate of drug-likeness (QED) is 0.771. The number of ether oxygens (including phenoxy) is 1. The first-order chi connectivity index (χ1) is 12.0. The number of carbonyl (C=O) groups excluding carboxylic acids is 1. The van der Waals surface area contributed by atoms with E-state index in [4.69, 9.17) is 9.84 Å². The number of halogens is 1. The first kappa shape index (κ1) is 18.4. The van der Waals surface area contributed by atoms with Gasteiger partial charge in [0.25, 0.3) is 0 Å². The zero-order valence-corrected chi connectivity index (χ0v) is 13.9. The van der Waals surface area contributed by atoms with E-state index in [-0.39, 0.29) is 30.9 Å². The lowest BCUT2D eigenvalue weighted by Crippen LogP contribution is -2.30. The highest BCUT2D eigenvalue weighted by Crippen LogP contribution is 2.21. The molecule has 2 rings (SSSR count). The predicted octanol–water partition coefficient (Wildman–Crippen LogP) is 3.10. The molecule has 25 heavy (non-hydrogen) atoms. The van der Waals surface area contributed by atoms with Crippen LogP contribution < -0.4 is 10.1 Å². The van der Waals surface area contributed by atoms with Gasteiger partial charge in [-0.2, -0.15) is 0 Å². The summed E-state index contributed by atoms with van der Waals surface area (Å²) in [6, 6.07) is 13.0. The van der Waals surface area contributed by atoms with Crippen LogP contribution in [0.4, 0.5) is 4.39 Å². The standard InChI is InChI=1S/C19H20FNO4/c1-25-16-9-5-8-14(19(16)20)10-11-17(22)21-15(12-18(23)24)13-6-3-2-4-7-13/h2-9,15H,10-12H2,1H3,(H,21,22)(H,23,24). The molecule has 0 heterocycles. The molecule has 0 fully saturated rings. The third-order valence-electron chi connectivity index (χ3n) is 3.80. The molecule has 0 aromatic heterocycles. The molecule has 6 heteroatoms. The molecule has 1 amide bonds. The fourth-order valence-electron chi connectivity index (χ4n) is 2.53. The van der Waals surface area contributed by atoms with Crippen molar-refractivity contribution >= 4 is 11.9 Å². The van der Waals surface area contributed by atoms with Crippen LogP contribution in [0.25, 0.3) is 0 Å². The van der Waals surface area contributed by atoms with Crippen LogP contribution in [0.5, 0.6) is 5.75 Å². The van der Waals surface area contributed by atoms with Gasteiger partial charge in [-0.1, -0.05) is 42.5 Å². The molecule has 2 N–H and O–H groups in total. The summed E-state index contributed by atoms with van der Waals surface area (Å²) in [7, 11) is 1.38. The lowest BCUT2D eigenvalue weighted by molar-refractivity contribution is -0.137. The summed E-state index contributed by atoms with van der Waals surface area (Å²) < 4.78 is 19.0. The number of carbonyl (C=O) groups is 2. The Hall–Kier alpha value is -2.89. The number of benzene rings is 2. The third kappa shape index (κ3) is 5.31. The van der Waals surface area contributed by atoms with E-state index in [1.165, 1.54) is 13.2 Å². The number of rotatable bonds is 8. The van der Waals surface area contributed by atoms with E-state index in [1.54, 1.807) is 36.4 Å². The topological polar surface area (TPSA) is 75.6 Å². The van der Waals surface area contributed by atoms with E-state index >= 15 is 0 Å². The van der Waals surface area contributed by atoms with Crippen LogP contribution in [0, 0.1) is 5.82 Å². The average molecular weight is 345 g/mol. The maximum Gasteiger partial charge on any atom is 0.305 e. The van der Waals surface area contributed by atoms with Crippen LogP contribution >= 0.6 is 0 Å². The number of hydrogen-bond acceptors (Lipinski definition) is 3. The van der Waals surface area contributed by atoms with Gasteiger partial charge in [-0.05, 0) is 23.6 Å². The fourth-order valence-corrected chi connectivity index (χ4v) is 2.53. The smallest absolute Gasteiger partial charge is 0.305 e. The highest BCUT2D eigenvalue weighted by Gasteiger charge is 2.18. The molecule has 0 bridgehead atoms. The minimum atomic E-state index is -1.01. The Morgan fingerprint density at radius 1 is 1.16 bits per heavy atom. The second-order valence-corrected chi connectivity index (χ2v) is 5.56. The number of hydrogen-bond donors (Lipinski definition) is 2. The van der Waals surface area contributed by atoms with Gasteiger partial charge in [-0.25, -0.2) is 4.39 Å². The lowest BCUT2D eigenvalue weighted by Gasteiger charge is -2.17. The molecular weight excluding hydrogens is 325 g/mol. The Labute approximate surface area is 145 Å². The molecule has 0 saturated heterocycles. The summed E-state index contributed by atoms with van der Waals surface area (Å²) in [5.74, 6) is -1.70.